The third-order valence-corrected chi connectivity index (χ3v) is 3.01. The predicted molar refractivity (Wildman–Crippen MR) is 64.3 cm³/mol. The van der Waals surface area contributed by atoms with E-state index in [9.17, 15) is 9.59 Å². The minimum Gasteiger partial charge on any atom is -0.298 e. The number of halogens is 2. The molecule has 0 heterocycles. The molecule has 0 N–H and O–H groups in total. The van der Waals surface area contributed by atoms with Gasteiger partial charge in [0.25, 0.3) is 0 Å². The van der Waals surface area contributed by atoms with Gasteiger partial charge in [0.15, 0.2) is 12.1 Å². The van der Waals surface area contributed by atoms with Crippen LogP contribution in [0.3, 0.4) is 0 Å². The summed E-state index contributed by atoms with van der Waals surface area (Å²) in [7, 11) is 0. The van der Waals surface area contributed by atoms with Crippen LogP contribution in [0.4, 0.5) is 0 Å². The van der Waals surface area contributed by atoms with Gasteiger partial charge in [-0.1, -0.05) is 0 Å². The molecule has 15 heavy (non-hydrogen) atoms. The van der Waals surface area contributed by atoms with E-state index >= 15 is 0 Å². The fourth-order valence-electron chi connectivity index (χ4n) is 1.17. The second-order valence-corrected chi connectivity index (χ2v) is 4.10. The third-order valence-electron chi connectivity index (χ3n) is 1.83. The number of aldehydes is 1. The topological polar surface area (TPSA) is 57.9 Å². The first-order valence-electron chi connectivity index (χ1n) is 3.92. The van der Waals surface area contributed by atoms with Gasteiger partial charge in [-0.15, -0.1) is 11.6 Å². The highest BCUT2D eigenvalue weighted by Crippen LogP contribution is 2.20. The zero-order valence-corrected chi connectivity index (χ0v) is 10.4. The average Bonchev–Trinajstić information content (AvgIpc) is 2.27. The first-order valence-corrected chi connectivity index (χ1v) is 5.54. The van der Waals surface area contributed by atoms with E-state index in [2.05, 4.69) is 0 Å². The lowest BCUT2D eigenvalue weighted by Gasteiger charge is -2.05. The van der Waals surface area contributed by atoms with Crippen molar-refractivity contribution in [3.05, 3.63) is 32.4 Å². The molecule has 0 aromatic heterocycles. The molecule has 0 bridgehead atoms. The first kappa shape index (κ1) is 12.1. The molecule has 3 nitrogen and oxygen atoms in total. The first-order chi connectivity index (χ1) is 7.15. The zero-order valence-electron chi connectivity index (χ0n) is 7.46. The number of nitriles is 1. The summed E-state index contributed by atoms with van der Waals surface area (Å²) in [6, 6.07) is 5.00. The van der Waals surface area contributed by atoms with E-state index in [1.807, 2.05) is 28.7 Å². The Labute approximate surface area is 105 Å². The number of ketones is 1. The van der Waals surface area contributed by atoms with Crippen molar-refractivity contribution in [1.82, 2.24) is 0 Å². The normalized spacial score (nSPS) is 9.40. The van der Waals surface area contributed by atoms with Crippen LogP contribution in [0, 0.1) is 14.9 Å². The largest absolute Gasteiger partial charge is 0.298 e. The van der Waals surface area contributed by atoms with Crippen molar-refractivity contribution < 1.29 is 9.59 Å². The van der Waals surface area contributed by atoms with Crippen molar-refractivity contribution in [2.45, 2.75) is 0 Å². The summed E-state index contributed by atoms with van der Waals surface area (Å²) in [6.07, 6.45) is 0.572. The van der Waals surface area contributed by atoms with Crippen molar-refractivity contribution in [2.24, 2.45) is 0 Å². The van der Waals surface area contributed by atoms with Crippen molar-refractivity contribution in [3.8, 4) is 6.07 Å². The Hall–Kier alpha value is -0.930. The minimum atomic E-state index is -0.408. The Kier molecular flexibility index (Phi) is 4.24. The highest BCUT2D eigenvalue weighted by atomic mass is 127. The zero-order chi connectivity index (χ0) is 11.4. The number of nitrogens with zero attached hydrogens (tertiary/aromatic N) is 1. The standard InChI is InChI=1S/C10H5ClINO2/c11-3-9(15)10-6(4-13)1-2-8(12)7(10)5-14/h1-2,5H,3H2. The van der Waals surface area contributed by atoms with E-state index in [1.54, 1.807) is 6.07 Å². The molecule has 1 aromatic rings. The average molecular weight is 334 g/mol. The summed E-state index contributed by atoms with van der Waals surface area (Å²) in [5, 5.41) is 8.81. The SMILES string of the molecule is N#Cc1ccc(I)c(C=O)c1C(=O)CCl. The molecule has 0 saturated carbocycles. The number of carbonyl (C=O) groups excluding carboxylic acids is 2. The Bertz CT molecular complexity index is 465. The molecular weight excluding hydrogens is 328 g/mol. The maximum atomic E-state index is 11.5. The van der Waals surface area contributed by atoms with Crippen molar-refractivity contribution >= 4 is 46.3 Å². The van der Waals surface area contributed by atoms with E-state index in [4.69, 9.17) is 16.9 Å². The van der Waals surface area contributed by atoms with Crippen LogP contribution in [-0.4, -0.2) is 17.9 Å². The molecule has 0 unspecified atom stereocenters. The summed E-state index contributed by atoms with van der Waals surface area (Å²) >= 11 is 7.35. The van der Waals surface area contributed by atoms with Crippen LogP contribution in [-0.2, 0) is 0 Å². The Morgan fingerprint density at radius 2 is 2.27 bits per heavy atom. The van der Waals surface area contributed by atoms with Gasteiger partial charge in [0.05, 0.1) is 17.5 Å². The van der Waals surface area contributed by atoms with Gasteiger partial charge >= 0.3 is 0 Å². The molecule has 0 spiro atoms. The molecule has 1 aromatic carbocycles. The van der Waals surface area contributed by atoms with Crippen LogP contribution in [0.5, 0.6) is 0 Å². The lowest BCUT2D eigenvalue weighted by molar-refractivity contribution is 0.101. The quantitative estimate of drug-likeness (QED) is 0.369. The van der Waals surface area contributed by atoms with Gasteiger partial charge in [0, 0.05) is 14.7 Å². The fourth-order valence-corrected chi connectivity index (χ4v) is 1.88. The van der Waals surface area contributed by atoms with Gasteiger partial charge in [-0.2, -0.15) is 5.26 Å². The molecule has 0 aliphatic heterocycles. The summed E-state index contributed by atoms with van der Waals surface area (Å²) in [5.74, 6) is -0.649. The predicted octanol–water partition coefficient (Wildman–Crippen LogP) is 2.40. The smallest absolute Gasteiger partial charge is 0.179 e. The molecule has 0 fully saturated rings. The van der Waals surface area contributed by atoms with E-state index < -0.39 is 5.78 Å². The van der Waals surface area contributed by atoms with Gasteiger partial charge in [0.1, 0.15) is 0 Å². The van der Waals surface area contributed by atoms with Crippen LogP contribution in [0.2, 0.25) is 0 Å². The number of hydrogen-bond acceptors (Lipinski definition) is 3. The fraction of sp³-hybridized carbons (Fsp3) is 0.100. The number of Topliss-reactive ketones (excluding diaryl/α,β-unsaturated/α-hetero) is 1. The lowest BCUT2D eigenvalue weighted by atomic mass is 9.99. The Balaban J connectivity index is 3.56. The van der Waals surface area contributed by atoms with E-state index in [-0.39, 0.29) is 22.6 Å². The van der Waals surface area contributed by atoms with Gasteiger partial charge in [-0.25, -0.2) is 0 Å². The van der Waals surface area contributed by atoms with Gasteiger partial charge in [-0.3, -0.25) is 9.59 Å². The van der Waals surface area contributed by atoms with Crippen LogP contribution in [0.1, 0.15) is 26.3 Å². The van der Waals surface area contributed by atoms with Crippen LogP contribution in [0.25, 0.3) is 0 Å². The number of carbonyl (C=O) groups is 2. The molecule has 1 rings (SSSR count). The Morgan fingerprint density at radius 3 is 2.73 bits per heavy atom. The summed E-state index contributed by atoms with van der Waals surface area (Å²) in [4.78, 5) is 22.3. The number of rotatable bonds is 3. The molecule has 76 valence electrons. The van der Waals surface area contributed by atoms with Crippen molar-refractivity contribution in [3.63, 3.8) is 0 Å². The molecular formula is C10H5ClINO2. The number of hydrogen-bond donors (Lipinski definition) is 0. The monoisotopic (exact) mass is 333 g/mol. The van der Waals surface area contributed by atoms with Gasteiger partial charge < -0.3 is 0 Å². The highest BCUT2D eigenvalue weighted by molar-refractivity contribution is 14.1. The van der Waals surface area contributed by atoms with Crippen molar-refractivity contribution in [2.75, 3.05) is 5.88 Å². The van der Waals surface area contributed by atoms with Gasteiger partial charge in [-0.05, 0) is 34.7 Å². The van der Waals surface area contributed by atoms with E-state index in [0.717, 1.165) is 0 Å². The summed E-state index contributed by atoms with van der Waals surface area (Å²) in [6.45, 7) is 0. The Morgan fingerprint density at radius 1 is 1.60 bits per heavy atom. The summed E-state index contributed by atoms with van der Waals surface area (Å²) < 4.78 is 0.634. The molecule has 0 saturated heterocycles. The van der Waals surface area contributed by atoms with Crippen LogP contribution < -0.4 is 0 Å². The van der Waals surface area contributed by atoms with Crippen LogP contribution in [0.15, 0.2) is 12.1 Å². The summed E-state index contributed by atoms with van der Waals surface area (Å²) in [5.41, 5.74) is 0.540. The third kappa shape index (κ3) is 2.36. The van der Waals surface area contributed by atoms with Crippen molar-refractivity contribution in [1.29, 1.82) is 5.26 Å². The molecule has 0 aliphatic carbocycles. The molecule has 0 aliphatic rings. The molecule has 0 radical (unpaired) electrons. The molecule has 0 amide bonds. The van der Waals surface area contributed by atoms with E-state index in [1.165, 1.54) is 6.07 Å². The maximum Gasteiger partial charge on any atom is 0.179 e. The number of alkyl halides is 1. The number of benzene rings is 1. The van der Waals surface area contributed by atoms with E-state index in [0.29, 0.717) is 9.86 Å². The highest BCUT2D eigenvalue weighted by Gasteiger charge is 2.17. The van der Waals surface area contributed by atoms with Gasteiger partial charge in [0.2, 0.25) is 0 Å². The maximum absolute atomic E-state index is 11.5. The lowest BCUT2D eigenvalue weighted by Crippen LogP contribution is -2.09. The van der Waals surface area contributed by atoms with Crippen LogP contribution >= 0.6 is 34.2 Å². The minimum absolute atomic E-state index is 0.120. The molecule has 0 atom stereocenters. The second kappa shape index (κ2) is 5.24. The molecule has 5 heteroatoms. The second-order valence-electron chi connectivity index (χ2n) is 2.67.